The fourth-order valence-electron chi connectivity index (χ4n) is 1.44. The summed E-state index contributed by atoms with van der Waals surface area (Å²) in [5, 5.41) is 10.9. The Balaban J connectivity index is 2.16. The molecular weight excluding hydrogens is 320 g/mol. The summed E-state index contributed by atoms with van der Waals surface area (Å²) in [6, 6.07) is 6.64. The van der Waals surface area contributed by atoms with Crippen molar-refractivity contribution < 1.29 is 8.42 Å². The van der Waals surface area contributed by atoms with Gasteiger partial charge in [0.05, 0.1) is 17.2 Å². The summed E-state index contributed by atoms with van der Waals surface area (Å²) in [4.78, 5) is 0.294. The normalized spacial score (nSPS) is 11.7. The maximum Gasteiger partial charge on any atom is 0.180 e. The third-order valence-corrected chi connectivity index (χ3v) is 4.62. The lowest BCUT2D eigenvalue weighted by Crippen LogP contribution is -2.15. The van der Waals surface area contributed by atoms with E-state index in [0.29, 0.717) is 10.7 Å². The van der Waals surface area contributed by atoms with Gasteiger partial charge in [-0.3, -0.25) is 0 Å². The molecule has 2 aromatic rings. The van der Waals surface area contributed by atoms with Crippen LogP contribution in [-0.2, 0) is 16.4 Å². The molecule has 2 rings (SSSR count). The second-order valence-corrected chi connectivity index (χ2v) is 6.75. The van der Waals surface area contributed by atoms with Crippen LogP contribution in [-0.4, -0.2) is 34.4 Å². The van der Waals surface area contributed by atoms with Gasteiger partial charge in [0.2, 0.25) is 0 Å². The summed E-state index contributed by atoms with van der Waals surface area (Å²) in [6.07, 6.45) is 0. The average Bonchev–Trinajstić information content (AvgIpc) is 2.72. The molecule has 0 radical (unpaired) electrons. The number of benzene rings is 1. The first kappa shape index (κ1) is 13.2. The highest BCUT2D eigenvalue weighted by molar-refractivity contribution is 9.10. The largest absolute Gasteiger partial charge is 0.229 e. The Morgan fingerprint density at radius 3 is 2.78 bits per heavy atom. The van der Waals surface area contributed by atoms with Crippen molar-refractivity contribution in [2.45, 2.75) is 18.4 Å². The zero-order chi connectivity index (χ0) is 13.2. The summed E-state index contributed by atoms with van der Waals surface area (Å²) >= 11 is 3.25. The number of rotatable bonds is 4. The predicted octanol–water partition coefficient (Wildman–Crippen LogP) is 1.22. The molecule has 8 heteroatoms. The second-order valence-electron chi connectivity index (χ2n) is 3.73. The van der Waals surface area contributed by atoms with Crippen LogP contribution in [0.15, 0.2) is 33.6 Å². The van der Waals surface area contributed by atoms with Crippen LogP contribution in [0.5, 0.6) is 0 Å². The molecule has 0 aliphatic heterocycles. The van der Waals surface area contributed by atoms with E-state index in [9.17, 15) is 8.42 Å². The van der Waals surface area contributed by atoms with Crippen molar-refractivity contribution in [1.82, 2.24) is 20.2 Å². The van der Waals surface area contributed by atoms with E-state index in [-0.39, 0.29) is 12.3 Å². The van der Waals surface area contributed by atoms with Crippen molar-refractivity contribution in [2.24, 2.45) is 0 Å². The molecule has 6 nitrogen and oxygen atoms in total. The molecule has 1 aromatic carbocycles. The van der Waals surface area contributed by atoms with E-state index in [2.05, 4.69) is 31.5 Å². The molecule has 18 heavy (non-hydrogen) atoms. The second kappa shape index (κ2) is 5.15. The Morgan fingerprint density at radius 1 is 1.39 bits per heavy atom. The minimum absolute atomic E-state index is 0.0324. The molecule has 1 heterocycles. The van der Waals surface area contributed by atoms with Crippen molar-refractivity contribution in [3.05, 3.63) is 34.6 Å². The Hall–Kier alpha value is -1.28. The zero-order valence-corrected chi connectivity index (χ0v) is 12.0. The van der Waals surface area contributed by atoms with Crippen LogP contribution >= 0.6 is 15.9 Å². The Kier molecular flexibility index (Phi) is 3.76. The standard InChI is InChI=1S/C10H11BrN4O2S/c1-8-12-13-14-15(8)5-6-18(16,17)10-4-2-3-9(11)7-10/h2-4,7H,5-6H2,1H3. The van der Waals surface area contributed by atoms with E-state index < -0.39 is 9.84 Å². The lowest BCUT2D eigenvalue weighted by molar-refractivity contribution is 0.570. The quantitative estimate of drug-likeness (QED) is 0.842. The minimum atomic E-state index is -3.32. The van der Waals surface area contributed by atoms with Crippen LogP contribution in [0.25, 0.3) is 0 Å². The lowest BCUT2D eigenvalue weighted by atomic mass is 10.4. The van der Waals surface area contributed by atoms with E-state index in [4.69, 9.17) is 0 Å². The number of nitrogens with zero attached hydrogens (tertiary/aromatic N) is 4. The van der Waals surface area contributed by atoms with Gasteiger partial charge in [0.1, 0.15) is 5.82 Å². The lowest BCUT2D eigenvalue weighted by Gasteiger charge is -2.05. The molecule has 0 bridgehead atoms. The maximum atomic E-state index is 12.1. The topological polar surface area (TPSA) is 77.7 Å². The first-order valence-electron chi connectivity index (χ1n) is 5.20. The molecule has 1 aromatic heterocycles. The number of halogens is 1. The van der Waals surface area contributed by atoms with Crippen molar-refractivity contribution in [2.75, 3.05) is 5.75 Å². The van der Waals surface area contributed by atoms with Crippen molar-refractivity contribution in [1.29, 1.82) is 0 Å². The summed E-state index contributed by atoms with van der Waals surface area (Å²) in [7, 11) is -3.32. The van der Waals surface area contributed by atoms with Crippen molar-refractivity contribution >= 4 is 25.8 Å². The summed E-state index contributed by atoms with van der Waals surface area (Å²) < 4.78 is 26.4. The van der Waals surface area contributed by atoms with Crippen LogP contribution < -0.4 is 0 Å². The summed E-state index contributed by atoms with van der Waals surface area (Å²) in [6.45, 7) is 1.97. The Morgan fingerprint density at radius 2 is 2.17 bits per heavy atom. The van der Waals surface area contributed by atoms with E-state index in [1.54, 1.807) is 31.2 Å². The molecule has 0 unspecified atom stereocenters. The highest BCUT2D eigenvalue weighted by Gasteiger charge is 2.15. The van der Waals surface area contributed by atoms with Gasteiger partial charge < -0.3 is 0 Å². The summed E-state index contributed by atoms with van der Waals surface area (Å²) in [5.74, 6) is 0.564. The number of aromatic nitrogens is 4. The monoisotopic (exact) mass is 330 g/mol. The molecule has 0 saturated carbocycles. The van der Waals surface area contributed by atoms with Gasteiger partial charge in [-0.25, -0.2) is 13.1 Å². The molecule has 0 atom stereocenters. The third kappa shape index (κ3) is 2.94. The number of hydrogen-bond acceptors (Lipinski definition) is 5. The molecule has 0 spiro atoms. The van der Waals surface area contributed by atoms with Crippen LogP contribution in [0.3, 0.4) is 0 Å². The van der Waals surface area contributed by atoms with Gasteiger partial charge in [-0.1, -0.05) is 22.0 Å². The third-order valence-electron chi connectivity index (χ3n) is 2.44. The van der Waals surface area contributed by atoms with Crippen LogP contribution in [0, 0.1) is 6.92 Å². The predicted molar refractivity (Wildman–Crippen MR) is 68.7 cm³/mol. The number of hydrogen-bond donors (Lipinski definition) is 0. The Bertz CT molecular complexity index is 653. The van der Waals surface area contributed by atoms with E-state index in [1.807, 2.05) is 0 Å². The zero-order valence-electron chi connectivity index (χ0n) is 9.62. The SMILES string of the molecule is Cc1nnnn1CCS(=O)(=O)c1cccc(Br)c1. The summed E-state index contributed by atoms with van der Waals surface area (Å²) in [5.41, 5.74) is 0. The average molecular weight is 331 g/mol. The highest BCUT2D eigenvalue weighted by Crippen LogP contribution is 2.17. The van der Waals surface area contributed by atoms with Crippen molar-refractivity contribution in [3.8, 4) is 0 Å². The van der Waals surface area contributed by atoms with Crippen LogP contribution in [0.2, 0.25) is 0 Å². The van der Waals surface area contributed by atoms with Crippen molar-refractivity contribution in [3.63, 3.8) is 0 Å². The first-order chi connectivity index (χ1) is 8.49. The van der Waals surface area contributed by atoms with E-state index >= 15 is 0 Å². The number of aryl methyl sites for hydroxylation is 2. The number of tetrazole rings is 1. The van der Waals surface area contributed by atoms with Gasteiger partial charge in [-0.05, 0) is 35.5 Å². The van der Waals surface area contributed by atoms with E-state index in [1.165, 1.54) is 4.68 Å². The van der Waals surface area contributed by atoms with E-state index in [0.717, 1.165) is 4.47 Å². The van der Waals surface area contributed by atoms with Gasteiger partial charge >= 0.3 is 0 Å². The van der Waals surface area contributed by atoms with Gasteiger partial charge in [-0.2, -0.15) is 0 Å². The molecule has 0 saturated heterocycles. The molecule has 96 valence electrons. The molecule has 0 fully saturated rings. The number of sulfone groups is 1. The minimum Gasteiger partial charge on any atom is -0.229 e. The van der Waals surface area contributed by atoms with Gasteiger partial charge in [-0.15, -0.1) is 5.10 Å². The fraction of sp³-hybridized carbons (Fsp3) is 0.300. The first-order valence-corrected chi connectivity index (χ1v) is 7.65. The molecular formula is C10H11BrN4O2S. The smallest absolute Gasteiger partial charge is 0.180 e. The van der Waals surface area contributed by atoms with Crippen LogP contribution in [0.1, 0.15) is 5.82 Å². The molecule has 0 aliphatic rings. The highest BCUT2D eigenvalue weighted by atomic mass is 79.9. The van der Waals surface area contributed by atoms with Gasteiger partial charge in [0.15, 0.2) is 9.84 Å². The van der Waals surface area contributed by atoms with Gasteiger partial charge in [0, 0.05) is 4.47 Å². The fourth-order valence-corrected chi connectivity index (χ4v) is 3.23. The Labute approximate surface area is 113 Å². The van der Waals surface area contributed by atoms with Crippen LogP contribution in [0.4, 0.5) is 0 Å². The molecule has 0 amide bonds. The van der Waals surface area contributed by atoms with Gasteiger partial charge in [0.25, 0.3) is 0 Å². The molecule has 0 aliphatic carbocycles. The molecule has 0 N–H and O–H groups in total. The maximum absolute atomic E-state index is 12.1.